The van der Waals surface area contributed by atoms with Gasteiger partial charge in [0.2, 0.25) is 0 Å². The van der Waals surface area contributed by atoms with Crippen molar-refractivity contribution >= 4 is 21.9 Å². The number of rotatable bonds is 6. The molecule has 2 saturated carbocycles. The Bertz CT molecular complexity index is 1110. The van der Waals surface area contributed by atoms with E-state index < -0.39 is 27.3 Å². The van der Waals surface area contributed by atoms with Crippen LogP contribution in [0.5, 0.6) is 0 Å². The molecule has 2 aromatic carbocycles. The quantitative estimate of drug-likeness (QED) is 0.360. The van der Waals surface area contributed by atoms with Gasteiger partial charge < -0.3 is 4.74 Å². The zero-order valence-electron chi connectivity index (χ0n) is 18.0. The third-order valence-electron chi connectivity index (χ3n) is 7.42. The number of hydrogen-bond donors (Lipinski definition) is 0. The van der Waals surface area contributed by atoms with Crippen molar-refractivity contribution in [1.82, 2.24) is 0 Å². The predicted octanol–water partition coefficient (Wildman–Crippen LogP) is 5.07. The Labute approximate surface area is 184 Å². The lowest BCUT2D eigenvalue weighted by Crippen LogP contribution is -2.46. The largest absolute Gasteiger partial charge is 0.458 e. The maximum atomic E-state index is 13.3. The number of carbonyl (C=O) groups excluding carboxylic acids is 1. The van der Waals surface area contributed by atoms with Crippen LogP contribution in [0.3, 0.4) is 0 Å². The second-order valence-corrected chi connectivity index (χ2v) is 11.2. The number of carbonyl (C=O) groups is 1. The molecule has 2 aliphatic carbocycles. The summed E-state index contributed by atoms with van der Waals surface area (Å²) in [5.74, 6) is -0.133. The highest BCUT2D eigenvalue weighted by atomic mass is 32.2. The molecule has 0 spiro atoms. The van der Waals surface area contributed by atoms with Gasteiger partial charge in [-0.3, -0.25) is 0 Å². The summed E-state index contributed by atoms with van der Waals surface area (Å²) in [4.78, 5) is 12.9. The van der Waals surface area contributed by atoms with Crippen LogP contribution in [0.25, 0.3) is 6.08 Å². The molecule has 4 nitrogen and oxygen atoms in total. The molecular formula is C26H28O4S. The standard InChI is InChI=1S/C26H28O4S/c1-25(2)21-16-17-26(25,19-31(28,29)22-13-7-4-8-14-22)23(18-21)30-24(27)15-9-12-20-10-5-3-6-11-20/h3-8,10-15,21,23H,16-19H2,1-2H3/t9?,21-,23-,26-/m0/s1. The van der Waals surface area contributed by atoms with E-state index in [2.05, 4.69) is 19.6 Å². The van der Waals surface area contributed by atoms with Crippen LogP contribution in [0.15, 0.2) is 77.4 Å². The highest BCUT2D eigenvalue weighted by Gasteiger charge is 2.66. The Hall–Kier alpha value is -2.62. The number of benzene rings is 2. The summed E-state index contributed by atoms with van der Waals surface area (Å²) in [7, 11) is -3.50. The lowest BCUT2D eigenvalue weighted by Gasteiger charge is -2.41. The molecule has 0 amide bonds. The second kappa shape index (κ2) is 8.14. The fourth-order valence-corrected chi connectivity index (χ4v) is 7.60. The maximum Gasteiger partial charge on any atom is 0.338 e. The first-order chi connectivity index (χ1) is 14.7. The fourth-order valence-electron chi connectivity index (χ4n) is 5.49. The highest BCUT2D eigenvalue weighted by molar-refractivity contribution is 7.91. The Balaban J connectivity index is 1.56. The molecule has 0 unspecified atom stereocenters. The van der Waals surface area contributed by atoms with Gasteiger partial charge in [-0.05, 0) is 54.4 Å². The Kier molecular flexibility index (Phi) is 5.67. The number of ether oxygens (including phenoxy) is 1. The smallest absolute Gasteiger partial charge is 0.338 e. The van der Waals surface area contributed by atoms with Crippen LogP contribution in [0, 0.1) is 16.7 Å². The van der Waals surface area contributed by atoms with Crippen molar-refractivity contribution in [3.8, 4) is 0 Å². The van der Waals surface area contributed by atoms with Gasteiger partial charge >= 0.3 is 5.97 Å². The fraction of sp³-hybridized carbons (Fsp3) is 0.385. The van der Waals surface area contributed by atoms with Gasteiger partial charge in [-0.2, -0.15) is 0 Å². The first-order valence-electron chi connectivity index (χ1n) is 10.7. The minimum atomic E-state index is -3.50. The summed E-state index contributed by atoms with van der Waals surface area (Å²) in [5.41, 5.74) is 3.02. The Morgan fingerprint density at radius 3 is 2.39 bits per heavy atom. The van der Waals surface area contributed by atoms with Gasteiger partial charge in [0.1, 0.15) is 6.10 Å². The molecule has 0 radical (unpaired) electrons. The van der Waals surface area contributed by atoms with Crippen molar-refractivity contribution in [3.05, 3.63) is 78.0 Å². The van der Waals surface area contributed by atoms with Crippen molar-refractivity contribution < 1.29 is 17.9 Å². The van der Waals surface area contributed by atoms with E-state index in [1.54, 1.807) is 30.3 Å². The lowest BCUT2D eigenvalue weighted by molar-refractivity contribution is -0.150. The second-order valence-electron chi connectivity index (χ2n) is 9.21. The van der Waals surface area contributed by atoms with Gasteiger partial charge in [-0.15, -0.1) is 5.73 Å². The molecule has 5 heteroatoms. The normalized spacial score (nSPS) is 26.1. The first kappa shape index (κ1) is 21.6. The van der Waals surface area contributed by atoms with Crippen LogP contribution in [0.2, 0.25) is 0 Å². The van der Waals surface area contributed by atoms with E-state index in [9.17, 15) is 13.2 Å². The molecule has 31 heavy (non-hydrogen) atoms. The van der Waals surface area contributed by atoms with Gasteiger partial charge in [-0.1, -0.05) is 62.4 Å². The molecule has 0 aliphatic heterocycles. The van der Waals surface area contributed by atoms with Crippen molar-refractivity contribution in [2.75, 3.05) is 5.75 Å². The summed E-state index contributed by atoms with van der Waals surface area (Å²) >= 11 is 0. The van der Waals surface area contributed by atoms with Crippen LogP contribution >= 0.6 is 0 Å². The van der Waals surface area contributed by atoms with E-state index >= 15 is 0 Å². The minimum absolute atomic E-state index is 0.00493. The maximum absolute atomic E-state index is 13.3. The zero-order valence-corrected chi connectivity index (χ0v) is 18.8. The molecule has 162 valence electrons. The van der Waals surface area contributed by atoms with Crippen molar-refractivity contribution in [2.24, 2.45) is 16.7 Å². The Morgan fingerprint density at radius 1 is 1.10 bits per heavy atom. The van der Waals surface area contributed by atoms with E-state index in [0.29, 0.717) is 17.2 Å². The molecule has 0 aromatic heterocycles. The molecule has 2 fully saturated rings. The van der Waals surface area contributed by atoms with Gasteiger partial charge in [0.25, 0.3) is 0 Å². The van der Waals surface area contributed by atoms with Gasteiger partial charge in [0, 0.05) is 5.41 Å². The van der Waals surface area contributed by atoms with Crippen molar-refractivity contribution in [3.63, 3.8) is 0 Å². The summed E-state index contributed by atoms with van der Waals surface area (Å²) in [6.07, 6.45) is 5.03. The van der Waals surface area contributed by atoms with E-state index in [1.807, 2.05) is 36.4 Å². The topological polar surface area (TPSA) is 60.4 Å². The van der Waals surface area contributed by atoms with Crippen LogP contribution in [0.4, 0.5) is 0 Å². The lowest BCUT2D eigenvalue weighted by atomic mass is 9.69. The van der Waals surface area contributed by atoms with E-state index in [0.717, 1.165) is 18.4 Å². The monoisotopic (exact) mass is 436 g/mol. The summed E-state index contributed by atoms with van der Waals surface area (Å²) in [6.45, 7) is 4.26. The van der Waals surface area contributed by atoms with Crippen LogP contribution in [-0.2, 0) is 19.4 Å². The number of hydrogen-bond acceptors (Lipinski definition) is 4. The molecule has 0 heterocycles. The average Bonchev–Trinajstić information content (AvgIpc) is 3.10. The highest BCUT2D eigenvalue weighted by Crippen LogP contribution is 2.67. The van der Waals surface area contributed by atoms with Gasteiger partial charge in [0.05, 0.1) is 16.7 Å². The van der Waals surface area contributed by atoms with Gasteiger partial charge in [0.15, 0.2) is 9.84 Å². The zero-order chi connectivity index (χ0) is 22.1. The summed E-state index contributed by atoms with van der Waals surface area (Å²) in [5, 5.41) is 0. The first-order valence-corrected chi connectivity index (χ1v) is 12.4. The summed E-state index contributed by atoms with van der Waals surface area (Å²) in [6, 6.07) is 18.2. The van der Waals surface area contributed by atoms with E-state index in [4.69, 9.17) is 4.74 Å². The summed E-state index contributed by atoms with van der Waals surface area (Å²) < 4.78 is 32.4. The molecular weight excluding hydrogens is 408 g/mol. The van der Waals surface area contributed by atoms with E-state index in [1.165, 1.54) is 6.08 Å². The van der Waals surface area contributed by atoms with Crippen LogP contribution < -0.4 is 0 Å². The molecule has 2 bridgehead atoms. The SMILES string of the molecule is CC1(C)[C@H]2CC[C@]1(CS(=O)(=O)c1ccccc1)[C@@H](OC(=O)C=C=Cc1ccccc1)C2. The Morgan fingerprint density at radius 2 is 1.74 bits per heavy atom. The molecule has 4 rings (SSSR count). The van der Waals surface area contributed by atoms with Crippen LogP contribution in [0.1, 0.15) is 38.7 Å². The van der Waals surface area contributed by atoms with Crippen molar-refractivity contribution in [1.29, 1.82) is 0 Å². The molecule has 2 aliphatic rings. The van der Waals surface area contributed by atoms with Gasteiger partial charge in [-0.25, -0.2) is 13.2 Å². The molecule has 0 saturated heterocycles. The average molecular weight is 437 g/mol. The predicted molar refractivity (Wildman–Crippen MR) is 121 cm³/mol. The minimum Gasteiger partial charge on any atom is -0.458 e. The third-order valence-corrected chi connectivity index (χ3v) is 9.30. The molecule has 3 atom stereocenters. The van der Waals surface area contributed by atoms with E-state index in [-0.39, 0.29) is 11.2 Å². The third kappa shape index (κ3) is 4.00. The molecule has 0 N–H and O–H groups in total. The van der Waals surface area contributed by atoms with Crippen molar-refractivity contribution in [2.45, 2.75) is 44.1 Å². The van der Waals surface area contributed by atoms with Crippen LogP contribution in [-0.4, -0.2) is 26.2 Å². The number of fused-ring (bicyclic) bond motifs is 2. The number of esters is 1. The number of sulfone groups is 1. The molecule has 2 aromatic rings.